The summed E-state index contributed by atoms with van der Waals surface area (Å²) in [4.78, 5) is 29.0. The van der Waals surface area contributed by atoms with Crippen LogP contribution in [-0.2, 0) is 29.0 Å². The molecule has 38 heavy (non-hydrogen) atoms. The molecule has 0 bridgehead atoms. The van der Waals surface area contributed by atoms with E-state index in [9.17, 15) is 9.59 Å². The first kappa shape index (κ1) is 27.8. The Morgan fingerprint density at radius 1 is 0.947 bits per heavy atom. The molecule has 6 nitrogen and oxygen atoms in total. The van der Waals surface area contributed by atoms with E-state index in [0.717, 1.165) is 24.0 Å². The van der Waals surface area contributed by atoms with Crippen molar-refractivity contribution >= 4 is 35.0 Å². The minimum atomic E-state index is -0.731. The summed E-state index contributed by atoms with van der Waals surface area (Å²) < 4.78 is 10.9. The zero-order valence-electron chi connectivity index (χ0n) is 21.4. The average Bonchev–Trinajstić information content (AvgIpc) is 3.39. The molecule has 0 saturated carbocycles. The Balaban J connectivity index is 1.62. The topological polar surface area (TPSA) is 67.9 Å². The number of ether oxygens (including phenoxy) is 2. The average molecular weight is 556 g/mol. The Kier molecular flexibility index (Phi) is 9.91. The number of aryl methyl sites for hydroxylation is 1. The molecule has 0 aromatic heterocycles. The summed E-state index contributed by atoms with van der Waals surface area (Å²) in [5, 5.41) is 3.94. The summed E-state index contributed by atoms with van der Waals surface area (Å²) in [5.74, 6) is 1.01. The van der Waals surface area contributed by atoms with Gasteiger partial charge in [0.05, 0.1) is 0 Å². The van der Waals surface area contributed by atoms with Gasteiger partial charge in [-0.25, -0.2) is 0 Å². The van der Waals surface area contributed by atoms with E-state index in [-0.39, 0.29) is 31.6 Å². The van der Waals surface area contributed by atoms with Gasteiger partial charge >= 0.3 is 0 Å². The van der Waals surface area contributed by atoms with Crippen molar-refractivity contribution in [3.8, 4) is 11.5 Å². The van der Waals surface area contributed by atoms with Crippen LogP contribution in [0.2, 0.25) is 10.0 Å². The lowest BCUT2D eigenvalue weighted by Crippen LogP contribution is -2.50. The molecule has 3 aromatic carbocycles. The number of benzene rings is 3. The van der Waals surface area contributed by atoms with E-state index in [1.807, 2.05) is 48.5 Å². The predicted octanol–water partition coefficient (Wildman–Crippen LogP) is 6.21. The number of carbonyl (C=O) groups excluding carboxylic acids is 2. The highest BCUT2D eigenvalue weighted by Crippen LogP contribution is 2.33. The number of amides is 2. The molecule has 1 aliphatic rings. The van der Waals surface area contributed by atoms with Crippen LogP contribution in [-0.4, -0.2) is 36.1 Å². The fourth-order valence-corrected chi connectivity index (χ4v) is 4.92. The van der Waals surface area contributed by atoms with E-state index in [4.69, 9.17) is 32.7 Å². The molecule has 1 atom stereocenters. The number of hydrogen-bond acceptors (Lipinski definition) is 4. The molecule has 4 rings (SSSR count). The quantitative estimate of drug-likeness (QED) is 0.270. The molecule has 200 valence electrons. The standard InChI is InChI=1S/C30H32Cl2N2O4/c1-2-3-16-33-30(36)26(17-21-8-5-4-6-9-21)34(19-23-24(31)10-7-11-25(23)32)29(35)15-13-22-12-14-27-28(18-22)38-20-37-27/h4-12,14,18,26H,2-3,13,15-17,19-20H2,1H3,(H,33,36)/t26-/m1/s1. The second-order valence-corrected chi connectivity index (χ2v) is 10.1. The van der Waals surface area contributed by atoms with Gasteiger partial charge in [-0.15, -0.1) is 0 Å². The van der Waals surface area contributed by atoms with Crippen molar-refractivity contribution in [1.82, 2.24) is 10.2 Å². The monoisotopic (exact) mass is 554 g/mol. The Labute approximate surface area is 233 Å². The zero-order chi connectivity index (χ0) is 26.9. The van der Waals surface area contributed by atoms with E-state index in [2.05, 4.69) is 12.2 Å². The second kappa shape index (κ2) is 13.5. The lowest BCUT2D eigenvalue weighted by molar-refractivity contribution is -0.141. The number of nitrogens with zero attached hydrogens (tertiary/aromatic N) is 1. The lowest BCUT2D eigenvalue weighted by Gasteiger charge is -2.32. The molecule has 1 heterocycles. The summed E-state index contributed by atoms with van der Waals surface area (Å²) in [6, 6.07) is 19.9. The minimum Gasteiger partial charge on any atom is -0.454 e. The van der Waals surface area contributed by atoms with Gasteiger partial charge in [0, 0.05) is 41.5 Å². The lowest BCUT2D eigenvalue weighted by atomic mass is 10.0. The van der Waals surface area contributed by atoms with Gasteiger partial charge in [-0.05, 0) is 48.2 Å². The third-order valence-electron chi connectivity index (χ3n) is 6.56. The maximum absolute atomic E-state index is 13.8. The highest BCUT2D eigenvalue weighted by Gasteiger charge is 2.31. The first-order chi connectivity index (χ1) is 18.5. The van der Waals surface area contributed by atoms with Crippen molar-refractivity contribution in [3.63, 3.8) is 0 Å². The molecule has 0 aliphatic carbocycles. The largest absolute Gasteiger partial charge is 0.454 e. The molecule has 0 saturated heterocycles. The molecule has 0 spiro atoms. The van der Waals surface area contributed by atoms with E-state index in [0.29, 0.717) is 46.5 Å². The summed E-state index contributed by atoms with van der Waals surface area (Å²) >= 11 is 13.0. The number of halogens is 2. The van der Waals surface area contributed by atoms with Gasteiger partial charge in [0.25, 0.3) is 0 Å². The van der Waals surface area contributed by atoms with Crippen molar-refractivity contribution in [2.24, 2.45) is 0 Å². The van der Waals surface area contributed by atoms with E-state index >= 15 is 0 Å². The van der Waals surface area contributed by atoms with Crippen LogP contribution in [0.1, 0.15) is 42.9 Å². The van der Waals surface area contributed by atoms with Crippen molar-refractivity contribution < 1.29 is 19.1 Å². The highest BCUT2D eigenvalue weighted by molar-refractivity contribution is 6.36. The Morgan fingerprint density at radius 2 is 1.68 bits per heavy atom. The van der Waals surface area contributed by atoms with Crippen LogP contribution in [0.25, 0.3) is 0 Å². The predicted molar refractivity (Wildman–Crippen MR) is 150 cm³/mol. The molecule has 0 radical (unpaired) electrons. The van der Waals surface area contributed by atoms with E-state index in [1.54, 1.807) is 23.1 Å². The molecular formula is C30H32Cl2N2O4. The fourth-order valence-electron chi connectivity index (χ4n) is 4.41. The van der Waals surface area contributed by atoms with Crippen molar-refractivity contribution in [3.05, 3.63) is 93.5 Å². The van der Waals surface area contributed by atoms with Gasteiger partial charge in [-0.2, -0.15) is 0 Å². The van der Waals surface area contributed by atoms with Gasteiger partial charge in [0.15, 0.2) is 11.5 Å². The minimum absolute atomic E-state index is 0.122. The Morgan fingerprint density at radius 3 is 2.42 bits per heavy atom. The molecule has 1 aliphatic heterocycles. The summed E-state index contributed by atoms with van der Waals surface area (Å²) in [7, 11) is 0. The second-order valence-electron chi connectivity index (χ2n) is 9.26. The first-order valence-electron chi connectivity index (χ1n) is 12.9. The van der Waals surface area contributed by atoms with E-state index < -0.39 is 6.04 Å². The van der Waals surface area contributed by atoms with Crippen molar-refractivity contribution in [2.75, 3.05) is 13.3 Å². The third kappa shape index (κ3) is 7.21. The smallest absolute Gasteiger partial charge is 0.243 e. The summed E-state index contributed by atoms with van der Waals surface area (Å²) in [6.07, 6.45) is 2.87. The molecular weight excluding hydrogens is 523 g/mol. The first-order valence-corrected chi connectivity index (χ1v) is 13.6. The fraction of sp³-hybridized carbons (Fsp3) is 0.333. The number of fused-ring (bicyclic) bond motifs is 1. The van der Waals surface area contributed by atoms with Gasteiger partial charge in [0.2, 0.25) is 18.6 Å². The van der Waals surface area contributed by atoms with Crippen LogP contribution in [0, 0.1) is 0 Å². The number of carbonyl (C=O) groups is 2. The van der Waals surface area contributed by atoms with Crippen LogP contribution < -0.4 is 14.8 Å². The van der Waals surface area contributed by atoms with Crippen molar-refractivity contribution in [1.29, 1.82) is 0 Å². The van der Waals surface area contributed by atoms with Gasteiger partial charge < -0.3 is 19.7 Å². The Hall–Kier alpha value is -3.22. The van der Waals surface area contributed by atoms with Gasteiger partial charge in [-0.1, -0.05) is 79.0 Å². The molecule has 0 unspecified atom stereocenters. The maximum atomic E-state index is 13.8. The van der Waals surface area contributed by atoms with E-state index in [1.165, 1.54) is 0 Å². The van der Waals surface area contributed by atoms with Crippen LogP contribution >= 0.6 is 23.2 Å². The molecule has 2 amide bonds. The molecule has 8 heteroatoms. The third-order valence-corrected chi connectivity index (χ3v) is 7.26. The van der Waals surface area contributed by atoms with Crippen LogP contribution in [0.15, 0.2) is 66.7 Å². The van der Waals surface area contributed by atoms with Gasteiger partial charge in [-0.3, -0.25) is 9.59 Å². The maximum Gasteiger partial charge on any atom is 0.243 e. The van der Waals surface area contributed by atoms with Crippen molar-refractivity contribution in [2.45, 2.75) is 51.6 Å². The normalized spacial score (nSPS) is 12.7. The van der Waals surface area contributed by atoms with Gasteiger partial charge in [0.1, 0.15) is 6.04 Å². The molecule has 0 fully saturated rings. The Bertz CT molecular complexity index is 1230. The summed E-state index contributed by atoms with van der Waals surface area (Å²) in [6.45, 7) is 2.93. The summed E-state index contributed by atoms with van der Waals surface area (Å²) in [5.41, 5.74) is 2.53. The highest BCUT2D eigenvalue weighted by atomic mass is 35.5. The SMILES string of the molecule is CCCCNC(=O)[C@@H](Cc1ccccc1)N(Cc1c(Cl)cccc1Cl)C(=O)CCc1ccc2c(c1)OCO2. The number of rotatable bonds is 12. The van der Waals surface area contributed by atoms with Crippen LogP contribution in [0.4, 0.5) is 0 Å². The van der Waals surface area contributed by atoms with Crippen LogP contribution in [0.3, 0.4) is 0 Å². The molecule has 3 aromatic rings. The zero-order valence-corrected chi connectivity index (χ0v) is 22.9. The number of hydrogen-bond donors (Lipinski definition) is 1. The molecule has 1 N–H and O–H groups in total. The number of nitrogens with one attached hydrogen (secondary N) is 1. The van der Waals surface area contributed by atoms with Crippen LogP contribution in [0.5, 0.6) is 11.5 Å². The number of unbranched alkanes of at least 4 members (excludes halogenated alkanes) is 1.